The molecule has 11 heavy (non-hydrogen) atoms. The van der Waals surface area contributed by atoms with Gasteiger partial charge >= 0.3 is 0 Å². The van der Waals surface area contributed by atoms with Gasteiger partial charge < -0.3 is 25.5 Å². The molecular formula is C6H14O5. The lowest BCUT2D eigenvalue weighted by Crippen LogP contribution is -2.37. The van der Waals surface area contributed by atoms with Crippen LogP contribution in [0.2, 0.25) is 0 Å². The zero-order valence-electron chi connectivity index (χ0n) is 6.14. The van der Waals surface area contributed by atoms with Crippen LogP contribution in [0, 0.1) is 5.41 Å². The molecule has 5 N–H and O–H groups in total. The van der Waals surface area contributed by atoms with Crippen LogP contribution in [0.15, 0.2) is 0 Å². The highest BCUT2D eigenvalue weighted by Crippen LogP contribution is 2.20. The Kier molecular flexibility index (Phi) is 4.55. The molecule has 0 aliphatic carbocycles. The highest BCUT2D eigenvalue weighted by molar-refractivity contribution is 4.77. The average molecular weight is 166 g/mol. The molecule has 5 nitrogen and oxygen atoms in total. The van der Waals surface area contributed by atoms with Crippen molar-refractivity contribution in [2.24, 2.45) is 5.41 Å². The van der Waals surface area contributed by atoms with Gasteiger partial charge in [-0.3, -0.25) is 0 Å². The molecule has 0 aromatic rings. The molecule has 0 spiro atoms. The van der Waals surface area contributed by atoms with Gasteiger partial charge in [-0.05, 0) is 0 Å². The van der Waals surface area contributed by atoms with Gasteiger partial charge in [0.15, 0.2) is 6.29 Å². The predicted octanol–water partition coefficient (Wildman–Crippen LogP) is -2.35. The highest BCUT2D eigenvalue weighted by atomic mass is 16.5. The summed E-state index contributed by atoms with van der Waals surface area (Å²) in [6.45, 7) is -1.42. The van der Waals surface area contributed by atoms with Gasteiger partial charge in [-0.15, -0.1) is 0 Å². The Labute approximate surface area is 64.5 Å². The second-order valence-electron chi connectivity index (χ2n) is 2.66. The van der Waals surface area contributed by atoms with Crippen molar-refractivity contribution in [2.45, 2.75) is 12.7 Å². The average Bonchev–Trinajstić information content (AvgIpc) is 2.00. The molecule has 0 rings (SSSR count). The summed E-state index contributed by atoms with van der Waals surface area (Å²) in [6, 6.07) is 0. The summed E-state index contributed by atoms with van der Waals surface area (Å²) in [5.41, 5.74) is -1.19. The summed E-state index contributed by atoms with van der Waals surface area (Å²) in [7, 11) is 0. The van der Waals surface area contributed by atoms with Gasteiger partial charge in [0.25, 0.3) is 0 Å². The monoisotopic (exact) mass is 166 g/mol. The SMILES string of the molecule is OCC(CO)(CO)CC(O)O. The van der Waals surface area contributed by atoms with Crippen LogP contribution in [0.4, 0.5) is 0 Å². The molecule has 0 atom stereocenters. The Morgan fingerprint density at radius 1 is 0.909 bits per heavy atom. The normalized spacial score (nSPS) is 12.5. The molecule has 68 valence electrons. The molecule has 0 saturated heterocycles. The van der Waals surface area contributed by atoms with Crippen molar-refractivity contribution in [3.8, 4) is 0 Å². The lowest BCUT2D eigenvalue weighted by atomic mass is 9.87. The van der Waals surface area contributed by atoms with Gasteiger partial charge in [0.1, 0.15) is 0 Å². The van der Waals surface area contributed by atoms with Gasteiger partial charge in [0.2, 0.25) is 0 Å². The Hall–Kier alpha value is -0.200. The summed E-state index contributed by atoms with van der Waals surface area (Å²) < 4.78 is 0. The number of hydrogen-bond acceptors (Lipinski definition) is 5. The van der Waals surface area contributed by atoms with Crippen molar-refractivity contribution in [1.82, 2.24) is 0 Å². The van der Waals surface area contributed by atoms with Gasteiger partial charge in [0.05, 0.1) is 19.8 Å². The molecule has 0 aliphatic rings. The van der Waals surface area contributed by atoms with Crippen LogP contribution in [0.3, 0.4) is 0 Å². The topological polar surface area (TPSA) is 101 Å². The van der Waals surface area contributed by atoms with Crippen LogP contribution in [0.25, 0.3) is 0 Å². The van der Waals surface area contributed by atoms with E-state index in [1.807, 2.05) is 0 Å². The molecule has 0 fully saturated rings. The third-order valence-electron chi connectivity index (χ3n) is 1.62. The van der Waals surface area contributed by atoms with E-state index in [4.69, 9.17) is 25.5 Å². The zero-order chi connectivity index (χ0) is 8.91. The quantitative estimate of drug-likeness (QED) is 0.294. The van der Waals surface area contributed by atoms with Gasteiger partial charge in [-0.2, -0.15) is 0 Å². The minimum atomic E-state index is -1.62. The van der Waals surface area contributed by atoms with E-state index in [1.54, 1.807) is 0 Å². The summed E-state index contributed by atoms with van der Waals surface area (Å²) >= 11 is 0. The van der Waals surface area contributed by atoms with Crippen molar-refractivity contribution in [3.63, 3.8) is 0 Å². The van der Waals surface area contributed by atoms with Crippen LogP contribution in [0.1, 0.15) is 6.42 Å². The first-order chi connectivity index (χ1) is 5.10. The van der Waals surface area contributed by atoms with E-state index in [0.717, 1.165) is 0 Å². The maximum Gasteiger partial charge on any atom is 0.152 e. The van der Waals surface area contributed by atoms with Crippen molar-refractivity contribution in [1.29, 1.82) is 0 Å². The predicted molar refractivity (Wildman–Crippen MR) is 36.5 cm³/mol. The maximum atomic E-state index is 8.68. The van der Waals surface area contributed by atoms with E-state index in [2.05, 4.69) is 0 Å². The standard InChI is InChI=1S/C6H14O5/c7-2-6(3-8,4-9)1-5(10)11/h5,7-11H,1-4H2. The Morgan fingerprint density at radius 2 is 1.27 bits per heavy atom. The third kappa shape index (κ3) is 3.13. The lowest BCUT2D eigenvalue weighted by molar-refractivity contribution is -0.106. The molecule has 0 bridgehead atoms. The fraction of sp³-hybridized carbons (Fsp3) is 1.00. The fourth-order valence-corrected chi connectivity index (χ4v) is 0.731. The van der Waals surface area contributed by atoms with Crippen LogP contribution in [0.5, 0.6) is 0 Å². The third-order valence-corrected chi connectivity index (χ3v) is 1.62. The minimum Gasteiger partial charge on any atom is -0.396 e. The largest absolute Gasteiger partial charge is 0.396 e. The Balaban J connectivity index is 4.05. The highest BCUT2D eigenvalue weighted by Gasteiger charge is 2.30. The lowest BCUT2D eigenvalue weighted by Gasteiger charge is -2.27. The van der Waals surface area contributed by atoms with Gasteiger partial charge in [-0.25, -0.2) is 0 Å². The first kappa shape index (κ1) is 10.8. The van der Waals surface area contributed by atoms with E-state index in [9.17, 15) is 0 Å². The van der Waals surface area contributed by atoms with Crippen LogP contribution < -0.4 is 0 Å². The van der Waals surface area contributed by atoms with E-state index in [0.29, 0.717) is 0 Å². The molecule has 0 amide bonds. The Morgan fingerprint density at radius 3 is 1.36 bits per heavy atom. The van der Waals surface area contributed by atoms with Crippen molar-refractivity contribution in [3.05, 3.63) is 0 Å². The molecule has 0 aromatic heterocycles. The summed E-state index contributed by atoms with van der Waals surface area (Å²) in [4.78, 5) is 0. The van der Waals surface area contributed by atoms with Crippen LogP contribution in [-0.4, -0.2) is 51.6 Å². The molecule has 5 heteroatoms. The molecule has 0 radical (unpaired) electrons. The minimum absolute atomic E-state index is 0.240. The second-order valence-corrected chi connectivity index (χ2v) is 2.66. The van der Waals surface area contributed by atoms with Crippen molar-refractivity contribution >= 4 is 0 Å². The fourth-order valence-electron chi connectivity index (χ4n) is 0.731. The zero-order valence-corrected chi connectivity index (χ0v) is 6.14. The molecule has 0 aliphatic heterocycles. The van der Waals surface area contributed by atoms with Crippen molar-refractivity contribution < 1.29 is 25.5 Å². The Bertz CT molecular complexity index is 90.9. The molecule has 0 aromatic carbocycles. The summed E-state index contributed by atoms with van der Waals surface area (Å²) in [5, 5.41) is 43.1. The van der Waals surface area contributed by atoms with Gasteiger partial charge in [-0.1, -0.05) is 0 Å². The number of aliphatic hydroxyl groups is 5. The molecule has 0 heterocycles. The molecule has 0 unspecified atom stereocenters. The number of rotatable bonds is 5. The van der Waals surface area contributed by atoms with Gasteiger partial charge in [0, 0.05) is 11.8 Å². The summed E-state index contributed by atoms with van der Waals surface area (Å²) in [5.74, 6) is 0. The molecular weight excluding hydrogens is 152 g/mol. The smallest absolute Gasteiger partial charge is 0.152 e. The van der Waals surface area contributed by atoms with Crippen molar-refractivity contribution in [2.75, 3.05) is 19.8 Å². The summed E-state index contributed by atoms with van der Waals surface area (Å²) in [6.07, 6.45) is -1.86. The first-order valence-corrected chi connectivity index (χ1v) is 3.29. The van der Waals surface area contributed by atoms with E-state index in [-0.39, 0.29) is 6.42 Å². The van der Waals surface area contributed by atoms with E-state index >= 15 is 0 Å². The maximum absolute atomic E-state index is 8.68. The second kappa shape index (κ2) is 4.63. The van der Waals surface area contributed by atoms with Crippen LogP contribution in [-0.2, 0) is 0 Å². The first-order valence-electron chi connectivity index (χ1n) is 3.29. The van der Waals surface area contributed by atoms with Crippen LogP contribution >= 0.6 is 0 Å². The van der Waals surface area contributed by atoms with E-state index < -0.39 is 31.5 Å². The number of aliphatic hydroxyl groups excluding tert-OH is 4. The number of hydrogen-bond donors (Lipinski definition) is 5. The van der Waals surface area contributed by atoms with E-state index in [1.165, 1.54) is 0 Å². The molecule has 0 saturated carbocycles.